The summed E-state index contributed by atoms with van der Waals surface area (Å²) in [6.07, 6.45) is -6.55. The Morgan fingerprint density at radius 2 is 1.52 bits per heavy atom. The Labute approximate surface area is 122 Å². The highest BCUT2D eigenvalue weighted by Gasteiger charge is 2.76. The average Bonchev–Trinajstić information content (AvgIpc) is 2.46. The van der Waals surface area contributed by atoms with Crippen molar-refractivity contribution in [3.63, 3.8) is 0 Å². The van der Waals surface area contributed by atoms with Gasteiger partial charge >= 0.3 is 18.0 Å². The van der Waals surface area contributed by atoms with Crippen LogP contribution in [0.5, 0.6) is 0 Å². The minimum absolute atomic E-state index is 0.132. The number of carbonyl (C=O) groups excluding carboxylic acids is 1. The van der Waals surface area contributed by atoms with E-state index in [2.05, 4.69) is 4.42 Å². The van der Waals surface area contributed by atoms with E-state index in [1.54, 1.807) is 0 Å². The Hall–Kier alpha value is -2.39. The van der Waals surface area contributed by atoms with Gasteiger partial charge in [0.05, 0.1) is 5.39 Å². The van der Waals surface area contributed by atoms with Crippen molar-refractivity contribution < 1.29 is 39.9 Å². The molecule has 23 heavy (non-hydrogen) atoms. The molecule has 0 atom stereocenters. The van der Waals surface area contributed by atoms with Gasteiger partial charge in [-0.2, -0.15) is 30.7 Å². The zero-order chi connectivity index (χ0) is 17.6. The molecule has 0 spiro atoms. The molecule has 0 saturated heterocycles. The summed E-state index contributed by atoms with van der Waals surface area (Å²) in [5, 5.41) is -0.413. The number of fused-ring (bicyclic) bond motifs is 1. The lowest BCUT2D eigenvalue weighted by molar-refractivity contribution is -0.339. The van der Waals surface area contributed by atoms with Gasteiger partial charge in [0, 0.05) is 0 Å². The second-order valence-corrected chi connectivity index (χ2v) is 4.45. The summed E-state index contributed by atoms with van der Waals surface area (Å²) in [6.45, 7) is 0. The van der Waals surface area contributed by atoms with Gasteiger partial charge in [0.2, 0.25) is 11.2 Å². The van der Waals surface area contributed by atoms with Crippen LogP contribution in [0.3, 0.4) is 0 Å². The van der Waals surface area contributed by atoms with E-state index in [1.165, 1.54) is 18.2 Å². The molecule has 2 aromatic rings. The number of para-hydroxylation sites is 1. The Morgan fingerprint density at radius 3 is 2.09 bits per heavy atom. The maximum Gasteiger partial charge on any atom is 0.460 e. The van der Waals surface area contributed by atoms with E-state index in [1.807, 2.05) is 0 Å². The van der Waals surface area contributed by atoms with Gasteiger partial charge in [-0.25, -0.2) is 0 Å². The molecular weight excluding hydrogens is 337 g/mol. The molecule has 3 nitrogen and oxygen atoms in total. The topological polar surface area (TPSA) is 47.3 Å². The highest BCUT2D eigenvalue weighted by Crippen LogP contribution is 2.47. The van der Waals surface area contributed by atoms with Crippen molar-refractivity contribution in [3.8, 4) is 0 Å². The van der Waals surface area contributed by atoms with Crippen LogP contribution in [0.25, 0.3) is 11.0 Å². The molecule has 0 N–H and O–H groups in total. The number of hydrogen-bond donors (Lipinski definition) is 0. The van der Waals surface area contributed by atoms with Crippen LogP contribution in [0.1, 0.15) is 10.4 Å². The highest BCUT2D eigenvalue weighted by molar-refractivity contribution is 6.03. The molecule has 10 heteroatoms. The third kappa shape index (κ3) is 2.47. The smallest absolute Gasteiger partial charge is 0.460 e. The first-order chi connectivity index (χ1) is 10.4. The molecule has 0 aliphatic heterocycles. The van der Waals surface area contributed by atoms with Gasteiger partial charge in [0.25, 0.3) is 0 Å². The fourth-order valence-electron chi connectivity index (χ4n) is 1.72. The second kappa shape index (κ2) is 5.07. The predicted octanol–water partition coefficient (Wildman–Crippen LogP) is 3.81. The highest BCUT2D eigenvalue weighted by atomic mass is 19.4. The summed E-state index contributed by atoms with van der Waals surface area (Å²) in [4.78, 5) is 23.3. The van der Waals surface area contributed by atoms with Gasteiger partial charge in [-0.3, -0.25) is 9.59 Å². The van der Waals surface area contributed by atoms with Crippen molar-refractivity contribution in [2.45, 2.75) is 18.0 Å². The third-order valence-corrected chi connectivity index (χ3v) is 2.96. The third-order valence-electron chi connectivity index (χ3n) is 2.96. The van der Waals surface area contributed by atoms with Crippen LogP contribution in [0.15, 0.2) is 39.7 Å². The molecule has 0 bridgehead atoms. The number of hydrogen-bond acceptors (Lipinski definition) is 3. The minimum atomic E-state index is -6.68. The number of alkyl halides is 7. The number of benzene rings is 1. The summed E-state index contributed by atoms with van der Waals surface area (Å²) < 4.78 is 93.3. The van der Waals surface area contributed by atoms with E-state index in [4.69, 9.17) is 0 Å². The van der Waals surface area contributed by atoms with Crippen LogP contribution in [-0.2, 0) is 0 Å². The molecule has 1 aromatic carbocycles. The number of rotatable bonds is 3. The number of ketones is 1. The summed E-state index contributed by atoms with van der Waals surface area (Å²) >= 11 is 0. The molecule has 0 radical (unpaired) electrons. The van der Waals surface area contributed by atoms with Crippen molar-refractivity contribution in [2.24, 2.45) is 0 Å². The van der Waals surface area contributed by atoms with Crippen molar-refractivity contribution in [3.05, 3.63) is 46.3 Å². The molecule has 0 aliphatic carbocycles. The zero-order valence-corrected chi connectivity index (χ0v) is 10.8. The molecule has 0 unspecified atom stereocenters. The lowest BCUT2D eigenvalue weighted by atomic mass is 10.00. The zero-order valence-electron chi connectivity index (χ0n) is 10.8. The molecule has 0 saturated carbocycles. The van der Waals surface area contributed by atoms with Gasteiger partial charge in [0.1, 0.15) is 17.4 Å². The van der Waals surface area contributed by atoms with Crippen LogP contribution in [-0.4, -0.2) is 23.8 Å². The molecule has 1 heterocycles. The summed E-state index contributed by atoms with van der Waals surface area (Å²) in [7, 11) is 0. The molecule has 0 fully saturated rings. The maximum absolute atomic E-state index is 13.4. The molecular formula is C13H5F7O3. The lowest BCUT2D eigenvalue weighted by Crippen LogP contribution is -2.56. The maximum atomic E-state index is 13.4. The van der Waals surface area contributed by atoms with Crippen LogP contribution < -0.4 is 5.43 Å². The first-order valence-corrected chi connectivity index (χ1v) is 5.79. The second-order valence-electron chi connectivity index (χ2n) is 4.45. The van der Waals surface area contributed by atoms with Crippen LogP contribution in [0.4, 0.5) is 30.7 Å². The number of Topliss-reactive ketones (excluding diaryl/α,β-unsaturated/α-hetero) is 1. The van der Waals surface area contributed by atoms with E-state index >= 15 is 0 Å². The minimum Gasteiger partial charge on any atom is -0.463 e. The van der Waals surface area contributed by atoms with Gasteiger partial charge in [0.15, 0.2) is 0 Å². The molecule has 124 valence electrons. The lowest BCUT2D eigenvalue weighted by Gasteiger charge is -2.26. The quantitative estimate of drug-likeness (QED) is 0.630. The Kier molecular flexibility index (Phi) is 3.74. The largest absolute Gasteiger partial charge is 0.463 e. The molecule has 1 aromatic heterocycles. The van der Waals surface area contributed by atoms with Crippen LogP contribution >= 0.6 is 0 Å². The summed E-state index contributed by atoms with van der Waals surface area (Å²) in [5.74, 6) is -15.8. The summed E-state index contributed by atoms with van der Waals surface area (Å²) in [5.41, 5.74) is -3.19. The molecule has 0 amide bonds. The van der Waals surface area contributed by atoms with Crippen molar-refractivity contribution in [1.29, 1.82) is 0 Å². The van der Waals surface area contributed by atoms with Crippen molar-refractivity contribution >= 4 is 16.8 Å². The van der Waals surface area contributed by atoms with Gasteiger partial charge in [-0.05, 0) is 12.1 Å². The monoisotopic (exact) mass is 342 g/mol. The van der Waals surface area contributed by atoms with Gasteiger partial charge in [-0.1, -0.05) is 12.1 Å². The van der Waals surface area contributed by atoms with Crippen molar-refractivity contribution in [1.82, 2.24) is 0 Å². The van der Waals surface area contributed by atoms with E-state index in [-0.39, 0.29) is 11.8 Å². The van der Waals surface area contributed by atoms with Crippen LogP contribution in [0, 0.1) is 0 Å². The normalized spacial score (nSPS) is 13.3. The molecule has 0 aliphatic rings. The molecule has 2 rings (SSSR count). The van der Waals surface area contributed by atoms with E-state index in [9.17, 15) is 40.3 Å². The van der Waals surface area contributed by atoms with E-state index in [0.29, 0.717) is 0 Å². The predicted molar refractivity (Wildman–Crippen MR) is 62.8 cm³/mol. The Morgan fingerprint density at radius 1 is 0.957 bits per heavy atom. The Bertz CT molecular complexity index is 820. The van der Waals surface area contributed by atoms with E-state index < -0.39 is 40.2 Å². The van der Waals surface area contributed by atoms with Gasteiger partial charge in [-0.15, -0.1) is 0 Å². The van der Waals surface area contributed by atoms with Gasteiger partial charge < -0.3 is 4.42 Å². The average molecular weight is 342 g/mol. The fraction of sp³-hybridized carbons (Fsp3) is 0.231. The number of carbonyl (C=O) groups is 1. The van der Waals surface area contributed by atoms with Crippen molar-refractivity contribution in [2.75, 3.05) is 0 Å². The van der Waals surface area contributed by atoms with E-state index in [0.717, 1.165) is 6.07 Å². The number of halogens is 7. The summed E-state index contributed by atoms with van der Waals surface area (Å²) in [6, 6.07) is 4.90. The standard InChI is InChI=1S/C13H5F7O3/c14-11(15,12(16,17)13(18,19)20)10(22)7-5-23-8-4-2-1-3-6(8)9(7)21/h1-5H. The fourth-order valence-corrected chi connectivity index (χ4v) is 1.72. The Balaban J connectivity index is 2.61. The first-order valence-electron chi connectivity index (χ1n) is 5.79. The van der Waals surface area contributed by atoms with Crippen LogP contribution in [0.2, 0.25) is 0 Å². The first kappa shape index (κ1) is 17.0. The SMILES string of the molecule is O=C(c1coc2ccccc2c1=O)C(F)(F)C(F)(F)C(F)(F)F.